The van der Waals surface area contributed by atoms with Crippen LogP contribution in [0.25, 0.3) is 0 Å². The molecule has 0 spiro atoms. The van der Waals surface area contributed by atoms with Gasteiger partial charge in [0.15, 0.2) is 0 Å². The summed E-state index contributed by atoms with van der Waals surface area (Å²) in [5.41, 5.74) is 9.23. The van der Waals surface area contributed by atoms with Gasteiger partial charge < -0.3 is 20.4 Å². The van der Waals surface area contributed by atoms with E-state index >= 15 is 0 Å². The number of amides is 3. The first-order valence-corrected chi connectivity index (χ1v) is 12.2. The second-order valence-corrected chi connectivity index (χ2v) is 10.2. The molecule has 5 rings (SSSR count). The smallest absolute Gasteiger partial charge is 0.253 e. The molecule has 1 aliphatic carbocycles. The molecule has 9 nitrogen and oxygen atoms in total. The highest BCUT2D eigenvalue weighted by Crippen LogP contribution is 2.44. The van der Waals surface area contributed by atoms with Gasteiger partial charge in [-0.15, -0.1) is 0 Å². The van der Waals surface area contributed by atoms with Crippen LogP contribution in [-0.2, 0) is 16.0 Å². The molecule has 180 valence electrons. The van der Waals surface area contributed by atoms with Crippen molar-refractivity contribution in [2.24, 2.45) is 5.73 Å². The molecule has 5 atom stereocenters. The minimum absolute atomic E-state index is 0.0147. The van der Waals surface area contributed by atoms with Crippen molar-refractivity contribution in [1.29, 1.82) is 5.26 Å². The van der Waals surface area contributed by atoms with Gasteiger partial charge in [0.2, 0.25) is 11.8 Å². The van der Waals surface area contributed by atoms with Gasteiger partial charge in [0.25, 0.3) is 5.91 Å². The number of nitrogens with two attached hydrogens (primary N) is 1. The van der Waals surface area contributed by atoms with E-state index in [1.54, 1.807) is 23.9 Å². The number of likely N-dealkylation sites (tertiary alicyclic amines) is 3. The first kappa shape index (κ1) is 22.8. The van der Waals surface area contributed by atoms with Crippen LogP contribution in [0, 0.1) is 11.3 Å². The molecule has 2 bridgehead atoms. The van der Waals surface area contributed by atoms with Gasteiger partial charge in [-0.1, -0.05) is 6.07 Å². The number of hydrogen-bond donors (Lipinski definition) is 1. The first-order chi connectivity index (χ1) is 16.3. The molecule has 9 heteroatoms. The molecule has 0 saturated carbocycles. The monoisotopic (exact) mass is 464 g/mol. The van der Waals surface area contributed by atoms with Gasteiger partial charge >= 0.3 is 0 Å². The summed E-state index contributed by atoms with van der Waals surface area (Å²) in [4.78, 5) is 45.8. The Morgan fingerprint density at radius 1 is 1.26 bits per heavy atom. The molecule has 3 aliphatic heterocycles. The maximum atomic E-state index is 13.4. The Labute approximate surface area is 200 Å². The highest BCUT2D eigenvalue weighted by atomic mass is 16.2. The average Bonchev–Trinajstić information content (AvgIpc) is 3.60. The van der Waals surface area contributed by atoms with E-state index in [1.165, 1.54) is 0 Å². The largest absolute Gasteiger partial charge is 0.345 e. The lowest BCUT2D eigenvalue weighted by molar-refractivity contribution is -0.141. The molecule has 0 aromatic heterocycles. The van der Waals surface area contributed by atoms with Gasteiger partial charge in [-0.25, -0.2) is 0 Å². The summed E-state index contributed by atoms with van der Waals surface area (Å²) < 4.78 is 0. The van der Waals surface area contributed by atoms with E-state index in [0.29, 0.717) is 31.6 Å². The van der Waals surface area contributed by atoms with Crippen molar-refractivity contribution in [3.63, 3.8) is 0 Å². The SMILES string of the molecule is CN(C)C(=O)c1ccc2c(c1)CC[C@@H]2N1C(=O)[C@H]2C[C@@H]1CN2C[C@H](N)C(=O)N1CCC[C@H]1C#N. The molecule has 3 heterocycles. The Kier molecular flexibility index (Phi) is 5.82. The van der Waals surface area contributed by atoms with Crippen LogP contribution in [0.15, 0.2) is 18.2 Å². The Morgan fingerprint density at radius 2 is 2.06 bits per heavy atom. The quantitative estimate of drug-likeness (QED) is 0.679. The fourth-order valence-electron chi connectivity index (χ4n) is 6.28. The fourth-order valence-corrected chi connectivity index (χ4v) is 6.28. The Bertz CT molecular complexity index is 1070. The molecule has 0 radical (unpaired) electrons. The molecule has 4 aliphatic rings. The van der Waals surface area contributed by atoms with E-state index in [9.17, 15) is 19.6 Å². The highest BCUT2D eigenvalue weighted by Gasteiger charge is 2.53. The van der Waals surface area contributed by atoms with Gasteiger partial charge in [0.05, 0.1) is 24.2 Å². The van der Waals surface area contributed by atoms with Gasteiger partial charge in [-0.2, -0.15) is 5.26 Å². The highest BCUT2D eigenvalue weighted by molar-refractivity contribution is 5.94. The number of fused-ring (bicyclic) bond motifs is 3. The minimum atomic E-state index is -0.727. The zero-order chi connectivity index (χ0) is 24.1. The molecule has 3 amide bonds. The fraction of sp³-hybridized carbons (Fsp3) is 0.600. The number of nitrogens with zero attached hydrogens (tertiary/aromatic N) is 5. The lowest BCUT2D eigenvalue weighted by Gasteiger charge is -2.38. The molecule has 0 unspecified atom stereocenters. The van der Waals surface area contributed by atoms with Crippen molar-refractivity contribution in [2.75, 3.05) is 33.7 Å². The maximum absolute atomic E-state index is 13.4. The normalized spacial score (nSPS) is 28.8. The van der Waals surface area contributed by atoms with Gasteiger partial charge in [0.1, 0.15) is 6.04 Å². The van der Waals surface area contributed by atoms with Crippen LogP contribution in [0.3, 0.4) is 0 Å². The summed E-state index contributed by atoms with van der Waals surface area (Å²) in [5, 5.41) is 9.28. The molecule has 34 heavy (non-hydrogen) atoms. The van der Waals surface area contributed by atoms with Crippen molar-refractivity contribution in [2.45, 2.75) is 62.3 Å². The third kappa shape index (κ3) is 3.65. The Morgan fingerprint density at radius 3 is 2.76 bits per heavy atom. The van der Waals surface area contributed by atoms with Crippen LogP contribution in [0.4, 0.5) is 0 Å². The van der Waals surface area contributed by atoms with E-state index in [2.05, 4.69) is 11.0 Å². The third-order valence-electron chi connectivity index (χ3n) is 7.93. The number of rotatable bonds is 5. The summed E-state index contributed by atoms with van der Waals surface area (Å²) in [7, 11) is 3.49. The standard InChI is InChI=1S/C25H32N6O3/c1-28(2)23(32)16-5-7-19-15(10-16)6-8-21(19)31-18-11-22(25(31)34)29(13-18)14-20(27)24(33)30-9-3-4-17(30)12-26/h5,7,10,17-18,20-22H,3-4,6,8-9,11,13-14,27H2,1-2H3/t17-,18+,20-,21-,22+/m0/s1. The molecule has 3 saturated heterocycles. The molecule has 2 N–H and O–H groups in total. The van der Waals surface area contributed by atoms with Gasteiger partial charge in [-0.05, 0) is 55.4 Å². The molecular weight excluding hydrogens is 432 g/mol. The number of piperazine rings is 1. The Hall–Kier alpha value is -2.96. The van der Waals surface area contributed by atoms with E-state index in [1.807, 2.05) is 23.1 Å². The second-order valence-electron chi connectivity index (χ2n) is 10.2. The maximum Gasteiger partial charge on any atom is 0.253 e. The average molecular weight is 465 g/mol. The number of nitriles is 1. The van der Waals surface area contributed by atoms with Crippen LogP contribution < -0.4 is 5.73 Å². The summed E-state index contributed by atoms with van der Waals surface area (Å²) >= 11 is 0. The van der Waals surface area contributed by atoms with Crippen LogP contribution in [0.1, 0.15) is 53.2 Å². The summed E-state index contributed by atoms with van der Waals surface area (Å²) in [6, 6.07) is 6.83. The number of carbonyl (C=O) groups excluding carboxylic acids is 3. The number of carbonyl (C=O) groups is 3. The van der Waals surface area contributed by atoms with Crippen molar-refractivity contribution in [3.05, 3.63) is 34.9 Å². The molecule has 1 aromatic rings. The number of hydrogen-bond acceptors (Lipinski definition) is 6. The summed E-state index contributed by atoms with van der Waals surface area (Å²) in [6.45, 7) is 1.63. The van der Waals surface area contributed by atoms with Crippen molar-refractivity contribution >= 4 is 17.7 Å². The van der Waals surface area contributed by atoms with Crippen LogP contribution in [0.5, 0.6) is 0 Å². The molecular formula is C25H32N6O3. The lowest BCUT2D eigenvalue weighted by Crippen LogP contribution is -2.56. The summed E-state index contributed by atoms with van der Waals surface area (Å²) in [6.07, 6.45) is 4.01. The van der Waals surface area contributed by atoms with Crippen molar-refractivity contribution in [3.8, 4) is 6.07 Å². The van der Waals surface area contributed by atoms with Crippen molar-refractivity contribution < 1.29 is 14.4 Å². The Balaban J connectivity index is 1.25. The van der Waals surface area contributed by atoms with Crippen LogP contribution in [0.2, 0.25) is 0 Å². The number of benzene rings is 1. The van der Waals surface area contributed by atoms with Crippen LogP contribution in [-0.4, -0.2) is 95.2 Å². The predicted molar refractivity (Wildman–Crippen MR) is 124 cm³/mol. The molecule has 1 aromatic carbocycles. The van der Waals surface area contributed by atoms with Crippen molar-refractivity contribution in [1.82, 2.24) is 19.6 Å². The van der Waals surface area contributed by atoms with E-state index in [4.69, 9.17) is 5.73 Å². The topological polar surface area (TPSA) is 114 Å². The number of aryl methyl sites for hydroxylation is 1. The second kappa shape index (κ2) is 8.67. The summed E-state index contributed by atoms with van der Waals surface area (Å²) in [5.74, 6) is -0.0960. The third-order valence-corrected chi connectivity index (χ3v) is 7.93. The minimum Gasteiger partial charge on any atom is -0.345 e. The predicted octanol–water partition coefficient (Wildman–Crippen LogP) is 0.503. The van der Waals surface area contributed by atoms with Gasteiger partial charge in [-0.3, -0.25) is 19.3 Å². The molecule has 3 fully saturated rings. The first-order valence-electron chi connectivity index (χ1n) is 12.2. The zero-order valence-electron chi connectivity index (χ0n) is 19.8. The zero-order valence-corrected chi connectivity index (χ0v) is 19.8. The van der Waals surface area contributed by atoms with Crippen LogP contribution >= 0.6 is 0 Å². The van der Waals surface area contributed by atoms with E-state index in [0.717, 1.165) is 36.8 Å². The van der Waals surface area contributed by atoms with E-state index in [-0.39, 0.29) is 41.9 Å². The van der Waals surface area contributed by atoms with E-state index < -0.39 is 6.04 Å². The lowest BCUT2D eigenvalue weighted by atomic mass is 10.0. The van der Waals surface area contributed by atoms with Gasteiger partial charge in [0, 0.05) is 45.3 Å².